The summed E-state index contributed by atoms with van der Waals surface area (Å²) in [7, 11) is 2.93. The van der Waals surface area contributed by atoms with Crippen molar-refractivity contribution in [2.75, 3.05) is 27.3 Å². The number of carbonyl (C=O) groups is 2. The zero-order valence-corrected chi connectivity index (χ0v) is 10.6. The highest BCUT2D eigenvalue weighted by Crippen LogP contribution is 2.17. The molecule has 1 fully saturated rings. The molecule has 5 nitrogen and oxygen atoms in total. The molecule has 0 aromatic carbocycles. The van der Waals surface area contributed by atoms with Crippen molar-refractivity contribution >= 4 is 11.9 Å². The molecule has 1 rings (SSSR count). The highest BCUT2D eigenvalue weighted by atomic mass is 16.5. The molecule has 0 spiro atoms. The van der Waals surface area contributed by atoms with Crippen molar-refractivity contribution in [2.45, 2.75) is 38.2 Å². The van der Waals surface area contributed by atoms with E-state index in [1.165, 1.54) is 18.4 Å². The first-order valence-electron chi connectivity index (χ1n) is 6.06. The molecule has 5 heteroatoms. The third-order valence-electron chi connectivity index (χ3n) is 2.97. The summed E-state index contributed by atoms with van der Waals surface area (Å²) < 4.78 is 10.1. The van der Waals surface area contributed by atoms with E-state index in [1.807, 2.05) is 0 Å². The first-order valence-corrected chi connectivity index (χ1v) is 6.06. The Bertz CT molecular complexity index is 261. The lowest BCUT2D eigenvalue weighted by molar-refractivity contribution is -0.146. The van der Waals surface area contributed by atoms with Crippen molar-refractivity contribution in [2.24, 2.45) is 0 Å². The van der Waals surface area contributed by atoms with Gasteiger partial charge in [0.25, 0.3) is 0 Å². The molecule has 0 aliphatic carbocycles. The van der Waals surface area contributed by atoms with Crippen LogP contribution in [0.25, 0.3) is 0 Å². The van der Waals surface area contributed by atoms with Crippen LogP contribution in [-0.4, -0.2) is 50.2 Å². The first-order chi connectivity index (χ1) is 8.13. The third kappa shape index (κ3) is 5.17. The van der Waals surface area contributed by atoms with Gasteiger partial charge in [-0.2, -0.15) is 0 Å². The molecule has 1 heterocycles. The molecule has 0 aromatic heterocycles. The lowest BCUT2D eigenvalue weighted by Gasteiger charge is -2.23. The van der Waals surface area contributed by atoms with Crippen LogP contribution in [0.1, 0.15) is 32.1 Å². The second kappa shape index (κ2) is 7.27. The largest absolute Gasteiger partial charge is 0.468 e. The van der Waals surface area contributed by atoms with Gasteiger partial charge in [-0.3, -0.25) is 9.59 Å². The lowest BCUT2D eigenvalue weighted by Crippen LogP contribution is -2.33. The minimum Gasteiger partial charge on any atom is -0.468 e. The first kappa shape index (κ1) is 14.0. The topological polar surface area (TPSA) is 55.8 Å². The minimum absolute atomic E-state index is 0.0147. The van der Waals surface area contributed by atoms with Crippen LogP contribution in [0.3, 0.4) is 0 Å². The van der Waals surface area contributed by atoms with Crippen molar-refractivity contribution < 1.29 is 19.1 Å². The SMILES string of the molecule is COC(=O)CN(C)C(=O)CCC1CCCCO1. The van der Waals surface area contributed by atoms with E-state index in [2.05, 4.69) is 4.74 Å². The molecule has 1 atom stereocenters. The molecule has 0 radical (unpaired) electrons. The van der Waals surface area contributed by atoms with Gasteiger partial charge in [0.2, 0.25) is 5.91 Å². The van der Waals surface area contributed by atoms with Gasteiger partial charge in [-0.25, -0.2) is 0 Å². The number of rotatable bonds is 5. The van der Waals surface area contributed by atoms with Crippen LogP contribution in [0.2, 0.25) is 0 Å². The van der Waals surface area contributed by atoms with E-state index in [0.717, 1.165) is 25.9 Å². The Kier molecular flexibility index (Phi) is 5.97. The summed E-state index contributed by atoms with van der Waals surface area (Å²) in [4.78, 5) is 24.1. The van der Waals surface area contributed by atoms with Crippen LogP contribution in [0.5, 0.6) is 0 Å². The van der Waals surface area contributed by atoms with Crippen LogP contribution >= 0.6 is 0 Å². The summed E-state index contributed by atoms with van der Waals surface area (Å²) in [5.41, 5.74) is 0. The molecular formula is C12H21NO4. The predicted octanol–water partition coefficient (Wildman–Crippen LogP) is 0.967. The molecule has 1 aliphatic heterocycles. The van der Waals surface area contributed by atoms with E-state index < -0.39 is 5.97 Å². The normalized spacial score (nSPS) is 19.8. The predicted molar refractivity (Wildman–Crippen MR) is 62.5 cm³/mol. The number of carbonyl (C=O) groups excluding carboxylic acids is 2. The standard InChI is InChI=1S/C12H21NO4/c1-13(9-12(15)16-2)11(14)7-6-10-5-3-4-8-17-10/h10H,3-9H2,1-2H3. The number of nitrogens with zero attached hydrogens (tertiary/aromatic N) is 1. The molecule has 17 heavy (non-hydrogen) atoms. The van der Waals surface area contributed by atoms with Crippen LogP contribution in [0.4, 0.5) is 0 Å². The Balaban J connectivity index is 2.21. The van der Waals surface area contributed by atoms with Crippen molar-refractivity contribution in [1.29, 1.82) is 0 Å². The number of likely N-dealkylation sites (N-methyl/N-ethyl adjacent to an activating group) is 1. The van der Waals surface area contributed by atoms with Crippen molar-refractivity contribution in [3.05, 3.63) is 0 Å². The van der Waals surface area contributed by atoms with Crippen LogP contribution < -0.4 is 0 Å². The molecule has 0 N–H and O–H groups in total. The number of hydrogen-bond acceptors (Lipinski definition) is 4. The summed E-state index contributed by atoms with van der Waals surface area (Å²) in [6, 6.07) is 0. The third-order valence-corrected chi connectivity index (χ3v) is 2.97. The maximum atomic E-state index is 11.7. The fourth-order valence-corrected chi connectivity index (χ4v) is 1.86. The Labute approximate surface area is 102 Å². The molecule has 1 amide bonds. The number of ether oxygens (including phenoxy) is 2. The smallest absolute Gasteiger partial charge is 0.325 e. The Hall–Kier alpha value is -1.10. The quantitative estimate of drug-likeness (QED) is 0.675. The van der Waals surface area contributed by atoms with E-state index in [4.69, 9.17) is 4.74 Å². The molecule has 1 aliphatic rings. The second-order valence-corrected chi connectivity index (χ2v) is 4.35. The van der Waals surface area contributed by atoms with E-state index in [0.29, 0.717) is 6.42 Å². The van der Waals surface area contributed by atoms with Gasteiger partial charge in [0, 0.05) is 20.1 Å². The molecular weight excluding hydrogens is 222 g/mol. The van der Waals surface area contributed by atoms with E-state index in [1.54, 1.807) is 7.05 Å². The van der Waals surface area contributed by atoms with Crippen LogP contribution in [0, 0.1) is 0 Å². The van der Waals surface area contributed by atoms with E-state index in [9.17, 15) is 9.59 Å². The van der Waals surface area contributed by atoms with Crippen molar-refractivity contribution in [1.82, 2.24) is 4.90 Å². The average Bonchev–Trinajstić information content (AvgIpc) is 2.36. The van der Waals surface area contributed by atoms with Crippen molar-refractivity contribution in [3.8, 4) is 0 Å². The van der Waals surface area contributed by atoms with Gasteiger partial charge < -0.3 is 14.4 Å². The van der Waals surface area contributed by atoms with E-state index >= 15 is 0 Å². The fraction of sp³-hybridized carbons (Fsp3) is 0.833. The fourth-order valence-electron chi connectivity index (χ4n) is 1.86. The average molecular weight is 243 g/mol. The molecule has 0 aromatic rings. The Morgan fingerprint density at radius 2 is 2.18 bits per heavy atom. The monoisotopic (exact) mass is 243 g/mol. The number of amides is 1. The summed E-state index contributed by atoms with van der Waals surface area (Å²) in [5, 5.41) is 0. The Morgan fingerprint density at radius 3 is 2.76 bits per heavy atom. The minimum atomic E-state index is -0.394. The summed E-state index contributed by atoms with van der Waals surface area (Å²) in [6.07, 6.45) is 4.71. The molecule has 1 unspecified atom stereocenters. The maximum Gasteiger partial charge on any atom is 0.325 e. The second-order valence-electron chi connectivity index (χ2n) is 4.35. The van der Waals surface area contributed by atoms with Gasteiger partial charge in [-0.1, -0.05) is 0 Å². The maximum absolute atomic E-state index is 11.7. The number of hydrogen-bond donors (Lipinski definition) is 0. The van der Waals surface area contributed by atoms with Crippen LogP contribution in [0.15, 0.2) is 0 Å². The summed E-state index contributed by atoms with van der Waals surface area (Å²) >= 11 is 0. The molecule has 0 saturated carbocycles. The van der Waals surface area contributed by atoms with Crippen LogP contribution in [-0.2, 0) is 19.1 Å². The summed E-state index contributed by atoms with van der Waals surface area (Å²) in [5.74, 6) is -0.431. The van der Waals surface area contributed by atoms with Gasteiger partial charge in [0.05, 0.1) is 13.2 Å². The highest BCUT2D eigenvalue weighted by Gasteiger charge is 2.18. The van der Waals surface area contributed by atoms with Crippen molar-refractivity contribution in [3.63, 3.8) is 0 Å². The van der Waals surface area contributed by atoms with Gasteiger partial charge in [-0.15, -0.1) is 0 Å². The molecule has 98 valence electrons. The van der Waals surface area contributed by atoms with Gasteiger partial charge in [-0.05, 0) is 25.7 Å². The Morgan fingerprint density at radius 1 is 1.41 bits per heavy atom. The number of methoxy groups -OCH3 is 1. The number of esters is 1. The molecule has 1 saturated heterocycles. The summed E-state index contributed by atoms with van der Waals surface area (Å²) in [6.45, 7) is 0.817. The molecule has 0 bridgehead atoms. The lowest BCUT2D eigenvalue weighted by atomic mass is 10.0. The van der Waals surface area contributed by atoms with Gasteiger partial charge in [0.1, 0.15) is 6.54 Å². The van der Waals surface area contributed by atoms with Gasteiger partial charge in [0.15, 0.2) is 0 Å². The highest BCUT2D eigenvalue weighted by molar-refractivity contribution is 5.81. The van der Waals surface area contributed by atoms with Gasteiger partial charge >= 0.3 is 5.97 Å². The zero-order valence-electron chi connectivity index (χ0n) is 10.6. The zero-order chi connectivity index (χ0) is 12.7. The van der Waals surface area contributed by atoms with E-state index in [-0.39, 0.29) is 18.6 Å².